The number of aromatic nitrogens is 2. The van der Waals surface area contributed by atoms with Crippen molar-refractivity contribution in [1.29, 1.82) is 5.26 Å². The van der Waals surface area contributed by atoms with Crippen molar-refractivity contribution in [2.75, 3.05) is 56.6 Å². The molecule has 2 amide bonds. The molecular weight excluding hydrogens is 514 g/mol. The van der Waals surface area contributed by atoms with Crippen LogP contribution in [0.1, 0.15) is 42.0 Å². The molecule has 0 saturated carbocycles. The van der Waals surface area contributed by atoms with Gasteiger partial charge in [-0.05, 0) is 49.1 Å². The van der Waals surface area contributed by atoms with Gasteiger partial charge < -0.3 is 29.2 Å². The van der Waals surface area contributed by atoms with Crippen molar-refractivity contribution in [2.45, 2.75) is 38.8 Å². The highest BCUT2D eigenvalue weighted by Gasteiger charge is 2.29. The van der Waals surface area contributed by atoms with Crippen molar-refractivity contribution in [2.24, 2.45) is 0 Å². The van der Waals surface area contributed by atoms with Gasteiger partial charge in [-0.2, -0.15) is 5.26 Å². The number of fused-ring (bicyclic) bond motifs is 1. The molecule has 4 rings (SSSR count). The first kappa shape index (κ1) is 28.8. The predicted molar refractivity (Wildman–Crippen MR) is 149 cm³/mol. The predicted octanol–water partition coefficient (Wildman–Crippen LogP) is 3.89. The van der Waals surface area contributed by atoms with E-state index in [-0.39, 0.29) is 12.3 Å². The zero-order chi connectivity index (χ0) is 28.5. The maximum absolute atomic E-state index is 13.5. The molecule has 12 nitrogen and oxygen atoms in total. The third kappa shape index (κ3) is 6.69. The number of anilines is 3. The third-order valence-electron chi connectivity index (χ3n) is 6.61. The second kappa shape index (κ2) is 13.7. The molecule has 2 aliphatic rings. The Hall–Kier alpha value is -4.18. The number of urea groups is 1. The van der Waals surface area contributed by atoms with E-state index in [1.807, 2.05) is 25.3 Å². The number of nitrogens with zero attached hydrogens (tertiary/aromatic N) is 5. The summed E-state index contributed by atoms with van der Waals surface area (Å²) < 4.78 is 22.0. The van der Waals surface area contributed by atoms with E-state index in [9.17, 15) is 10.1 Å². The van der Waals surface area contributed by atoms with E-state index in [4.69, 9.17) is 23.9 Å². The van der Waals surface area contributed by atoms with Gasteiger partial charge in [0.1, 0.15) is 23.4 Å². The second-order valence-electron chi connectivity index (χ2n) is 9.23. The Labute approximate surface area is 234 Å². The Morgan fingerprint density at radius 3 is 2.85 bits per heavy atom. The molecule has 0 bridgehead atoms. The number of hydrogen-bond acceptors (Lipinski definition) is 10. The molecule has 4 heterocycles. The van der Waals surface area contributed by atoms with Crippen LogP contribution in [0.2, 0.25) is 0 Å². The van der Waals surface area contributed by atoms with Gasteiger partial charge in [-0.3, -0.25) is 10.2 Å². The van der Waals surface area contributed by atoms with Crippen LogP contribution in [-0.2, 0) is 31.9 Å². The van der Waals surface area contributed by atoms with Crippen LogP contribution >= 0.6 is 0 Å². The Morgan fingerprint density at radius 2 is 2.10 bits per heavy atom. The summed E-state index contributed by atoms with van der Waals surface area (Å²) in [5.41, 5.74) is 3.38. The van der Waals surface area contributed by atoms with Crippen LogP contribution < -0.4 is 15.5 Å². The van der Waals surface area contributed by atoms with Gasteiger partial charge in [0.15, 0.2) is 6.23 Å². The number of ether oxygens (including phenoxy) is 4. The van der Waals surface area contributed by atoms with Crippen LogP contribution in [0.3, 0.4) is 0 Å². The maximum Gasteiger partial charge on any atom is 0.328 e. The molecule has 2 aliphatic heterocycles. The molecule has 12 heteroatoms. The number of nitrogens with one attached hydrogen (secondary N) is 2. The van der Waals surface area contributed by atoms with Gasteiger partial charge in [0, 0.05) is 59.4 Å². The fourth-order valence-corrected chi connectivity index (χ4v) is 4.57. The van der Waals surface area contributed by atoms with Crippen LogP contribution in [-0.4, -0.2) is 68.2 Å². The van der Waals surface area contributed by atoms with Gasteiger partial charge in [-0.25, -0.2) is 14.8 Å². The van der Waals surface area contributed by atoms with Crippen molar-refractivity contribution >= 4 is 23.4 Å². The molecule has 0 aliphatic carbocycles. The van der Waals surface area contributed by atoms with Crippen molar-refractivity contribution in [3.8, 4) is 6.07 Å². The summed E-state index contributed by atoms with van der Waals surface area (Å²) >= 11 is 0. The quantitative estimate of drug-likeness (QED) is 0.332. The third-order valence-corrected chi connectivity index (χ3v) is 6.61. The summed E-state index contributed by atoms with van der Waals surface area (Å²) in [7, 11) is 4.71. The minimum Gasteiger partial charge on any atom is -0.478 e. The number of pyridine rings is 2. The lowest BCUT2D eigenvalue weighted by Crippen LogP contribution is -2.40. The van der Waals surface area contributed by atoms with Crippen LogP contribution in [0.4, 0.5) is 22.1 Å². The molecule has 1 atom stereocenters. The molecule has 2 aromatic heterocycles. The summed E-state index contributed by atoms with van der Waals surface area (Å²) in [6.45, 7) is 3.94. The van der Waals surface area contributed by atoms with E-state index in [0.717, 1.165) is 24.0 Å². The van der Waals surface area contributed by atoms with Crippen LogP contribution in [0.15, 0.2) is 42.9 Å². The van der Waals surface area contributed by atoms with Crippen LogP contribution in [0.5, 0.6) is 0 Å². The smallest absolute Gasteiger partial charge is 0.328 e. The molecule has 2 aromatic rings. The summed E-state index contributed by atoms with van der Waals surface area (Å²) in [6.07, 6.45) is 9.46. The number of aryl methyl sites for hydroxylation is 1. The highest BCUT2D eigenvalue weighted by Crippen LogP contribution is 2.32. The maximum atomic E-state index is 13.5. The lowest BCUT2D eigenvalue weighted by atomic mass is 10.0. The Kier molecular flexibility index (Phi) is 9.91. The van der Waals surface area contributed by atoms with Gasteiger partial charge in [0.2, 0.25) is 6.29 Å². The van der Waals surface area contributed by atoms with E-state index in [1.165, 1.54) is 6.20 Å². The van der Waals surface area contributed by atoms with E-state index in [1.54, 1.807) is 38.6 Å². The first-order valence-electron chi connectivity index (χ1n) is 13.0. The average Bonchev–Trinajstić information content (AvgIpc) is 3.17. The molecule has 0 aromatic carbocycles. The number of rotatable bonds is 10. The number of allylic oxidation sites excluding steroid dienone is 2. The molecule has 0 fully saturated rings. The monoisotopic (exact) mass is 549 g/mol. The SMILES string of the molecule is COCCNc1cc(NC(=O)N2CCCc3cc(CN4C=CC=COC4C)c(C(OC)OC)nc32)ncc1C#N. The fourth-order valence-electron chi connectivity index (χ4n) is 4.57. The normalized spacial score (nSPS) is 16.2. The molecular formula is C28H35N7O5. The lowest BCUT2D eigenvalue weighted by Gasteiger charge is -2.32. The number of carbonyl (C=O) groups excluding carboxylic acids is 1. The average molecular weight is 550 g/mol. The number of amides is 2. The molecule has 0 radical (unpaired) electrons. The lowest BCUT2D eigenvalue weighted by molar-refractivity contribution is -0.109. The Balaban J connectivity index is 1.62. The second-order valence-corrected chi connectivity index (χ2v) is 9.23. The minimum absolute atomic E-state index is 0.182. The summed E-state index contributed by atoms with van der Waals surface area (Å²) in [6, 6.07) is 5.44. The summed E-state index contributed by atoms with van der Waals surface area (Å²) in [5, 5.41) is 15.4. The van der Waals surface area contributed by atoms with Gasteiger partial charge in [0.25, 0.3) is 0 Å². The minimum atomic E-state index is -0.724. The molecule has 40 heavy (non-hydrogen) atoms. The number of hydrogen-bond donors (Lipinski definition) is 2. The highest BCUT2D eigenvalue weighted by molar-refractivity contribution is 6.01. The van der Waals surface area contributed by atoms with E-state index in [0.29, 0.717) is 54.8 Å². The molecule has 0 spiro atoms. The van der Waals surface area contributed by atoms with Crippen LogP contribution in [0.25, 0.3) is 0 Å². The van der Waals surface area contributed by atoms with Crippen molar-refractivity contribution in [3.63, 3.8) is 0 Å². The summed E-state index contributed by atoms with van der Waals surface area (Å²) in [4.78, 5) is 26.3. The van der Waals surface area contributed by atoms with Crippen molar-refractivity contribution in [1.82, 2.24) is 14.9 Å². The molecule has 2 N–H and O–H groups in total. The largest absolute Gasteiger partial charge is 0.478 e. The number of nitriles is 1. The highest BCUT2D eigenvalue weighted by atomic mass is 16.7. The number of carbonyl (C=O) groups is 1. The van der Waals surface area contributed by atoms with Gasteiger partial charge >= 0.3 is 6.03 Å². The van der Waals surface area contributed by atoms with Gasteiger partial charge in [-0.15, -0.1) is 0 Å². The van der Waals surface area contributed by atoms with E-state index < -0.39 is 6.29 Å². The number of methoxy groups -OCH3 is 3. The van der Waals surface area contributed by atoms with Gasteiger partial charge in [0.05, 0.1) is 24.1 Å². The molecule has 212 valence electrons. The van der Waals surface area contributed by atoms with Crippen molar-refractivity contribution in [3.05, 3.63) is 65.3 Å². The summed E-state index contributed by atoms with van der Waals surface area (Å²) in [5.74, 6) is 0.862. The Morgan fingerprint density at radius 1 is 1.27 bits per heavy atom. The van der Waals surface area contributed by atoms with E-state index in [2.05, 4.69) is 32.7 Å². The van der Waals surface area contributed by atoms with Gasteiger partial charge in [-0.1, -0.05) is 0 Å². The van der Waals surface area contributed by atoms with Crippen molar-refractivity contribution < 1.29 is 23.7 Å². The first-order valence-corrected chi connectivity index (χ1v) is 13.0. The first-order chi connectivity index (χ1) is 19.5. The fraction of sp³-hybridized carbons (Fsp3) is 0.429. The topological polar surface area (TPSA) is 134 Å². The zero-order valence-corrected chi connectivity index (χ0v) is 23.2. The standard InChI is InChI=1S/C28H35N7O5/c1-19-34(10-5-6-12-40-19)18-21-14-20-8-7-11-35(26(20)33-25(21)27(38-3)39-4)28(36)32-24-15-23(30-9-13-37-2)22(16-29)17-31-24/h5-6,10,12,14-15,17,19,27H,7-9,11,13,18H2,1-4H3,(H2,30,31,32,36). The van der Waals surface area contributed by atoms with E-state index >= 15 is 0 Å². The molecule has 1 unspecified atom stereocenters. The zero-order valence-electron chi connectivity index (χ0n) is 23.2. The Bertz CT molecular complexity index is 1290. The molecule has 0 saturated heterocycles. The van der Waals surface area contributed by atoms with Crippen LogP contribution in [0, 0.1) is 11.3 Å².